The Bertz CT molecular complexity index is 615. The minimum atomic E-state index is -0.453. The number of hydrogen-bond donors (Lipinski definition) is 2. The van der Waals surface area contributed by atoms with Crippen molar-refractivity contribution in [1.29, 1.82) is 5.26 Å². The van der Waals surface area contributed by atoms with Crippen LogP contribution in [0.15, 0.2) is 42.6 Å². The molecule has 5 heteroatoms. The summed E-state index contributed by atoms with van der Waals surface area (Å²) in [5.41, 5.74) is 0.583. The molecule has 0 spiro atoms. The second kappa shape index (κ2) is 4.97. The Morgan fingerprint density at radius 2 is 2.06 bits per heavy atom. The van der Waals surface area contributed by atoms with Crippen LogP contribution in [0.5, 0.6) is 5.75 Å². The van der Waals surface area contributed by atoms with Crippen molar-refractivity contribution in [2.45, 2.75) is 0 Å². The Hall–Kier alpha value is -2.87. The summed E-state index contributed by atoms with van der Waals surface area (Å²) in [5, 5.41) is 20.7. The summed E-state index contributed by atoms with van der Waals surface area (Å²) in [6.07, 6.45) is 1.36. The van der Waals surface area contributed by atoms with Crippen LogP contribution in [0.1, 0.15) is 15.9 Å². The highest BCUT2D eigenvalue weighted by molar-refractivity contribution is 6.05. The maximum Gasteiger partial charge on any atom is 0.260 e. The predicted molar refractivity (Wildman–Crippen MR) is 65.0 cm³/mol. The molecule has 18 heavy (non-hydrogen) atoms. The highest BCUT2D eigenvalue weighted by atomic mass is 16.3. The van der Waals surface area contributed by atoms with Gasteiger partial charge >= 0.3 is 0 Å². The van der Waals surface area contributed by atoms with Crippen LogP contribution in [-0.4, -0.2) is 16.0 Å². The molecule has 88 valence electrons. The van der Waals surface area contributed by atoms with Crippen molar-refractivity contribution in [2.75, 3.05) is 5.32 Å². The fourth-order valence-electron chi connectivity index (χ4n) is 1.38. The molecule has 0 aliphatic rings. The molecule has 2 aromatic rings. The van der Waals surface area contributed by atoms with E-state index in [9.17, 15) is 9.90 Å². The first-order valence-corrected chi connectivity index (χ1v) is 5.16. The molecule has 0 radical (unpaired) electrons. The quantitative estimate of drug-likeness (QED) is 0.838. The van der Waals surface area contributed by atoms with Crippen LogP contribution in [0.4, 0.5) is 5.82 Å². The maximum absolute atomic E-state index is 11.8. The van der Waals surface area contributed by atoms with Gasteiger partial charge < -0.3 is 10.4 Å². The van der Waals surface area contributed by atoms with Crippen LogP contribution >= 0.6 is 0 Å². The number of pyridine rings is 1. The van der Waals surface area contributed by atoms with Crippen molar-refractivity contribution in [3.05, 3.63) is 53.7 Å². The summed E-state index contributed by atoms with van der Waals surface area (Å²) in [7, 11) is 0. The molecule has 0 saturated heterocycles. The van der Waals surface area contributed by atoms with Crippen LogP contribution in [0, 0.1) is 11.3 Å². The van der Waals surface area contributed by atoms with Crippen LogP contribution in [0.3, 0.4) is 0 Å². The largest absolute Gasteiger partial charge is 0.507 e. The predicted octanol–water partition coefficient (Wildman–Crippen LogP) is 1.91. The summed E-state index contributed by atoms with van der Waals surface area (Å²) >= 11 is 0. The number of aromatic nitrogens is 1. The Morgan fingerprint density at radius 3 is 2.67 bits per heavy atom. The molecule has 2 N–H and O–H groups in total. The molecule has 0 aliphatic heterocycles. The van der Waals surface area contributed by atoms with Gasteiger partial charge in [-0.3, -0.25) is 4.79 Å². The molecule has 0 saturated carbocycles. The molecule has 0 unspecified atom stereocenters. The zero-order chi connectivity index (χ0) is 13.0. The number of amides is 1. The van der Waals surface area contributed by atoms with E-state index in [-0.39, 0.29) is 11.3 Å². The number of benzene rings is 1. The Labute approximate surface area is 103 Å². The van der Waals surface area contributed by atoms with Gasteiger partial charge in [0.25, 0.3) is 5.91 Å². The molecule has 0 fully saturated rings. The molecule has 1 aromatic heterocycles. The number of aromatic hydroxyl groups is 1. The highest BCUT2D eigenvalue weighted by Gasteiger charge is 2.10. The van der Waals surface area contributed by atoms with E-state index in [4.69, 9.17) is 5.26 Å². The molecule has 1 amide bonds. The number of phenolic OH excluding ortho intramolecular Hbond substituents is 1. The Balaban J connectivity index is 2.17. The number of nitrogens with zero attached hydrogens (tertiary/aromatic N) is 2. The van der Waals surface area contributed by atoms with Gasteiger partial charge in [0.05, 0.1) is 11.1 Å². The van der Waals surface area contributed by atoms with Crippen LogP contribution in [0.25, 0.3) is 0 Å². The first-order valence-electron chi connectivity index (χ1n) is 5.16. The van der Waals surface area contributed by atoms with Gasteiger partial charge in [-0.15, -0.1) is 0 Å². The van der Waals surface area contributed by atoms with E-state index in [0.717, 1.165) is 0 Å². The second-order valence-electron chi connectivity index (χ2n) is 3.52. The number of anilines is 1. The third-order valence-corrected chi connectivity index (χ3v) is 2.28. The van der Waals surface area contributed by atoms with Crippen LogP contribution in [0.2, 0.25) is 0 Å². The van der Waals surface area contributed by atoms with Gasteiger partial charge in [0.1, 0.15) is 17.6 Å². The normalized spacial score (nSPS) is 9.50. The topological polar surface area (TPSA) is 86.0 Å². The lowest BCUT2D eigenvalue weighted by Gasteiger charge is -2.05. The summed E-state index contributed by atoms with van der Waals surface area (Å²) in [5.74, 6) is -0.226. The van der Waals surface area contributed by atoms with Crippen molar-refractivity contribution in [3.8, 4) is 11.8 Å². The lowest BCUT2D eigenvalue weighted by atomic mass is 10.2. The van der Waals surface area contributed by atoms with E-state index in [0.29, 0.717) is 11.4 Å². The molecule has 1 aromatic carbocycles. The minimum Gasteiger partial charge on any atom is -0.507 e. The number of hydrogen-bond acceptors (Lipinski definition) is 4. The summed E-state index contributed by atoms with van der Waals surface area (Å²) in [6.45, 7) is 0. The molecular weight excluding hydrogens is 230 g/mol. The third-order valence-electron chi connectivity index (χ3n) is 2.28. The lowest BCUT2D eigenvalue weighted by molar-refractivity contribution is 0.102. The number of carbonyl (C=O) groups is 1. The Kier molecular flexibility index (Phi) is 3.21. The zero-order valence-electron chi connectivity index (χ0n) is 9.29. The van der Waals surface area contributed by atoms with Gasteiger partial charge in [-0.2, -0.15) is 5.26 Å². The zero-order valence-corrected chi connectivity index (χ0v) is 9.29. The van der Waals surface area contributed by atoms with Gasteiger partial charge in [-0.1, -0.05) is 12.1 Å². The molecule has 0 bridgehead atoms. The van der Waals surface area contributed by atoms with Gasteiger partial charge in [-0.25, -0.2) is 4.98 Å². The smallest absolute Gasteiger partial charge is 0.260 e. The fraction of sp³-hybridized carbons (Fsp3) is 0. The number of rotatable bonds is 2. The molecule has 5 nitrogen and oxygen atoms in total. The highest BCUT2D eigenvalue weighted by Crippen LogP contribution is 2.17. The number of para-hydroxylation sites is 1. The van der Waals surface area contributed by atoms with Crippen molar-refractivity contribution in [2.24, 2.45) is 0 Å². The van der Waals surface area contributed by atoms with E-state index < -0.39 is 5.91 Å². The summed E-state index contributed by atoms with van der Waals surface area (Å²) < 4.78 is 0. The first kappa shape index (κ1) is 11.6. The van der Waals surface area contributed by atoms with Crippen molar-refractivity contribution < 1.29 is 9.90 Å². The number of nitrogens with one attached hydrogen (secondary N) is 1. The number of carbonyl (C=O) groups excluding carboxylic acids is 1. The standard InChI is InChI=1S/C13H9N3O2/c14-7-9-5-6-12(15-8-9)16-13(18)10-3-1-2-4-11(10)17/h1-6,8,17H,(H,15,16,18). The average molecular weight is 239 g/mol. The third kappa shape index (κ3) is 2.44. The van der Waals surface area contributed by atoms with E-state index >= 15 is 0 Å². The molecule has 1 heterocycles. The Morgan fingerprint density at radius 1 is 1.28 bits per heavy atom. The minimum absolute atomic E-state index is 0.0938. The molecular formula is C13H9N3O2. The number of nitriles is 1. The van der Waals surface area contributed by atoms with E-state index in [1.807, 2.05) is 6.07 Å². The average Bonchev–Trinajstić information content (AvgIpc) is 2.40. The van der Waals surface area contributed by atoms with E-state index in [1.54, 1.807) is 18.2 Å². The van der Waals surface area contributed by atoms with Gasteiger partial charge in [-0.05, 0) is 24.3 Å². The van der Waals surface area contributed by atoms with Gasteiger partial charge in [0.15, 0.2) is 0 Å². The lowest BCUT2D eigenvalue weighted by Crippen LogP contribution is -2.12. The first-order chi connectivity index (χ1) is 8.70. The van der Waals surface area contributed by atoms with Gasteiger partial charge in [0.2, 0.25) is 0 Å². The molecule has 0 atom stereocenters. The maximum atomic E-state index is 11.8. The van der Waals surface area contributed by atoms with E-state index in [2.05, 4.69) is 10.3 Å². The van der Waals surface area contributed by atoms with Crippen LogP contribution < -0.4 is 5.32 Å². The number of phenols is 1. The summed E-state index contributed by atoms with van der Waals surface area (Å²) in [6, 6.07) is 11.2. The van der Waals surface area contributed by atoms with Gasteiger partial charge in [0, 0.05) is 6.20 Å². The van der Waals surface area contributed by atoms with Crippen LogP contribution in [-0.2, 0) is 0 Å². The van der Waals surface area contributed by atoms with Crippen molar-refractivity contribution >= 4 is 11.7 Å². The molecule has 2 rings (SSSR count). The fourth-order valence-corrected chi connectivity index (χ4v) is 1.38. The van der Waals surface area contributed by atoms with E-state index in [1.165, 1.54) is 24.4 Å². The molecule has 0 aliphatic carbocycles. The van der Waals surface area contributed by atoms with Crippen molar-refractivity contribution in [3.63, 3.8) is 0 Å². The monoisotopic (exact) mass is 239 g/mol. The SMILES string of the molecule is N#Cc1ccc(NC(=O)c2ccccc2O)nc1. The summed E-state index contributed by atoms with van der Waals surface area (Å²) in [4.78, 5) is 15.7. The van der Waals surface area contributed by atoms with Crippen molar-refractivity contribution in [1.82, 2.24) is 4.98 Å². The second-order valence-corrected chi connectivity index (χ2v) is 3.52.